The van der Waals surface area contributed by atoms with Crippen molar-refractivity contribution in [1.29, 1.82) is 0 Å². The molecule has 0 spiro atoms. The van der Waals surface area contributed by atoms with E-state index in [-0.39, 0.29) is 11.8 Å². The summed E-state index contributed by atoms with van der Waals surface area (Å²) in [6.07, 6.45) is 3.61. The molecular formula is C22H30N4O2. The highest BCUT2D eigenvalue weighted by molar-refractivity contribution is 5.76. The first-order chi connectivity index (χ1) is 13.4. The van der Waals surface area contributed by atoms with Gasteiger partial charge < -0.3 is 22.1 Å². The Labute approximate surface area is 166 Å². The zero-order chi connectivity index (χ0) is 20.4. The van der Waals surface area contributed by atoms with Crippen LogP contribution >= 0.6 is 0 Å². The van der Waals surface area contributed by atoms with E-state index in [4.69, 9.17) is 17.2 Å². The van der Waals surface area contributed by atoms with Gasteiger partial charge in [0.05, 0.1) is 0 Å². The second-order valence-electron chi connectivity index (χ2n) is 7.04. The highest BCUT2D eigenvalue weighted by Crippen LogP contribution is 2.11. The summed E-state index contributed by atoms with van der Waals surface area (Å²) in [4.78, 5) is 25.5. The van der Waals surface area contributed by atoms with Crippen molar-refractivity contribution in [3.63, 3.8) is 0 Å². The zero-order valence-electron chi connectivity index (χ0n) is 16.3. The predicted molar refractivity (Wildman–Crippen MR) is 113 cm³/mol. The molecule has 0 heterocycles. The first kappa shape index (κ1) is 21.3. The van der Waals surface area contributed by atoms with Crippen LogP contribution in [0, 0.1) is 0 Å². The van der Waals surface area contributed by atoms with Gasteiger partial charge in [0.1, 0.15) is 0 Å². The molecule has 0 radical (unpaired) electrons. The molecule has 2 rings (SSSR count). The number of amides is 2. The van der Waals surface area contributed by atoms with Gasteiger partial charge in [-0.3, -0.25) is 9.59 Å². The predicted octanol–water partition coefficient (Wildman–Crippen LogP) is 2.51. The Balaban J connectivity index is 1.92. The van der Waals surface area contributed by atoms with Gasteiger partial charge >= 0.3 is 0 Å². The summed E-state index contributed by atoms with van der Waals surface area (Å²) in [5, 5.41) is 0. The van der Waals surface area contributed by atoms with Gasteiger partial charge in [0.2, 0.25) is 11.8 Å². The molecule has 0 aliphatic rings. The number of anilines is 2. The molecule has 0 saturated heterocycles. The van der Waals surface area contributed by atoms with E-state index < -0.39 is 0 Å². The molecule has 0 atom stereocenters. The van der Waals surface area contributed by atoms with Gasteiger partial charge in [-0.1, -0.05) is 24.3 Å². The third-order valence-corrected chi connectivity index (χ3v) is 4.72. The summed E-state index contributed by atoms with van der Waals surface area (Å²) in [6.45, 7) is 1.29. The topological polar surface area (TPSA) is 115 Å². The van der Waals surface area contributed by atoms with Gasteiger partial charge in [0.15, 0.2) is 0 Å². The van der Waals surface area contributed by atoms with Crippen molar-refractivity contribution >= 4 is 23.2 Å². The van der Waals surface area contributed by atoms with Crippen molar-refractivity contribution in [2.24, 2.45) is 5.73 Å². The van der Waals surface area contributed by atoms with E-state index in [0.717, 1.165) is 35.3 Å². The highest BCUT2D eigenvalue weighted by atomic mass is 16.2. The molecule has 0 fully saturated rings. The molecule has 0 unspecified atom stereocenters. The second kappa shape index (κ2) is 11.0. The van der Waals surface area contributed by atoms with Crippen LogP contribution in [0.25, 0.3) is 0 Å². The second-order valence-corrected chi connectivity index (χ2v) is 7.04. The van der Waals surface area contributed by atoms with Crippen molar-refractivity contribution in [3.05, 3.63) is 59.7 Å². The largest absolute Gasteiger partial charge is 0.399 e. The van der Waals surface area contributed by atoms with Crippen LogP contribution in [0.4, 0.5) is 11.4 Å². The maximum absolute atomic E-state index is 12.7. The van der Waals surface area contributed by atoms with Crippen molar-refractivity contribution < 1.29 is 9.59 Å². The Morgan fingerprint density at radius 3 is 1.57 bits per heavy atom. The van der Waals surface area contributed by atoms with E-state index in [2.05, 4.69) is 0 Å². The van der Waals surface area contributed by atoms with Crippen molar-refractivity contribution in [2.45, 2.75) is 38.5 Å². The van der Waals surface area contributed by atoms with Crippen LogP contribution in [0.1, 0.15) is 36.8 Å². The monoisotopic (exact) mass is 382 g/mol. The van der Waals surface area contributed by atoms with Crippen molar-refractivity contribution in [2.75, 3.05) is 24.6 Å². The molecule has 6 N–H and O–H groups in total. The summed E-state index contributed by atoms with van der Waals surface area (Å²) >= 11 is 0. The van der Waals surface area contributed by atoms with Crippen molar-refractivity contribution in [3.8, 4) is 0 Å². The van der Waals surface area contributed by atoms with Crippen LogP contribution in [0.15, 0.2) is 48.5 Å². The van der Waals surface area contributed by atoms with Gasteiger partial charge in [-0.2, -0.15) is 0 Å². The third-order valence-electron chi connectivity index (χ3n) is 4.72. The zero-order valence-corrected chi connectivity index (χ0v) is 16.3. The minimum Gasteiger partial charge on any atom is -0.399 e. The number of hydrogen-bond acceptors (Lipinski definition) is 4. The fraction of sp³-hybridized carbons (Fsp3) is 0.364. The van der Waals surface area contributed by atoms with E-state index in [9.17, 15) is 9.59 Å². The number of nitrogens with zero attached hydrogens (tertiary/aromatic N) is 1. The molecule has 6 heteroatoms. The average Bonchev–Trinajstić information content (AvgIpc) is 2.67. The minimum atomic E-state index is -0.323. The normalized spacial score (nSPS) is 10.6. The first-order valence-electron chi connectivity index (χ1n) is 9.69. The molecule has 150 valence electrons. The Morgan fingerprint density at radius 2 is 1.14 bits per heavy atom. The maximum Gasteiger partial charge on any atom is 0.222 e. The van der Waals surface area contributed by atoms with E-state index in [0.29, 0.717) is 38.8 Å². The lowest BCUT2D eigenvalue weighted by molar-refractivity contribution is -0.131. The number of unbranched alkanes of at least 4 members (excludes halogenated alkanes) is 1. The summed E-state index contributed by atoms with van der Waals surface area (Å²) in [5.41, 5.74) is 20.4. The molecule has 6 nitrogen and oxygen atoms in total. The average molecular weight is 383 g/mol. The summed E-state index contributed by atoms with van der Waals surface area (Å²) in [7, 11) is 0. The van der Waals surface area contributed by atoms with Crippen LogP contribution in [-0.4, -0.2) is 29.8 Å². The molecule has 0 bridgehead atoms. The van der Waals surface area contributed by atoms with Gasteiger partial charge in [-0.05, 0) is 61.1 Å². The lowest BCUT2D eigenvalue weighted by Gasteiger charge is -2.23. The van der Waals surface area contributed by atoms with Crippen molar-refractivity contribution in [1.82, 2.24) is 4.90 Å². The molecule has 0 aliphatic carbocycles. The fourth-order valence-electron chi connectivity index (χ4n) is 2.99. The molecular weight excluding hydrogens is 352 g/mol. The number of carbonyl (C=O) groups excluding carboxylic acids is 2. The molecule has 28 heavy (non-hydrogen) atoms. The Hall–Kier alpha value is -3.02. The molecule has 0 saturated carbocycles. The Kier molecular flexibility index (Phi) is 8.34. The number of rotatable bonds is 11. The number of hydrogen-bond donors (Lipinski definition) is 3. The number of benzene rings is 2. The molecule has 2 aromatic carbocycles. The number of primary amides is 1. The van der Waals surface area contributed by atoms with Gasteiger partial charge in [0, 0.05) is 37.3 Å². The number of nitrogen functional groups attached to an aromatic ring is 2. The standard InChI is InChI=1S/C22H30N4O2/c23-19-9-5-17(6-10-19)13-15-26(22(28)4-2-1-3-21(25)27)16-14-18-7-11-20(24)12-8-18/h5-12H,1-4,13-16,23-24H2,(H2,25,27). The maximum atomic E-state index is 12.7. The quantitative estimate of drug-likeness (QED) is 0.409. The lowest BCUT2D eigenvalue weighted by Crippen LogP contribution is -2.34. The minimum absolute atomic E-state index is 0.107. The summed E-state index contributed by atoms with van der Waals surface area (Å²) < 4.78 is 0. The smallest absolute Gasteiger partial charge is 0.222 e. The van der Waals surface area contributed by atoms with Gasteiger partial charge in [0.25, 0.3) is 0 Å². The SMILES string of the molecule is NC(=O)CCCCC(=O)N(CCc1ccc(N)cc1)CCc1ccc(N)cc1. The molecule has 2 aromatic rings. The van der Waals surface area contributed by atoms with E-state index >= 15 is 0 Å². The summed E-state index contributed by atoms with van der Waals surface area (Å²) in [5.74, 6) is -0.216. The van der Waals surface area contributed by atoms with Crippen LogP contribution in [-0.2, 0) is 22.4 Å². The van der Waals surface area contributed by atoms with E-state index in [1.54, 1.807) is 0 Å². The Bertz CT molecular complexity index is 708. The lowest BCUT2D eigenvalue weighted by atomic mass is 10.1. The number of nitrogens with two attached hydrogens (primary N) is 3. The van der Waals surface area contributed by atoms with E-state index in [1.165, 1.54) is 0 Å². The van der Waals surface area contributed by atoms with Gasteiger partial charge in [-0.25, -0.2) is 0 Å². The molecule has 0 aliphatic heterocycles. The van der Waals surface area contributed by atoms with Gasteiger partial charge in [-0.15, -0.1) is 0 Å². The molecule has 0 aromatic heterocycles. The van der Waals surface area contributed by atoms with Crippen LogP contribution in [0.5, 0.6) is 0 Å². The third kappa shape index (κ3) is 7.70. The van der Waals surface area contributed by atoms with Crippen LogP contribution in [0.3, 0.4) is 0 Å². The fourth-order valence-corrected chi connectivity index (χ4v) is 2.99. The highest BCUT2D eigenvalue weighted by Gasteiger charge is 2.13. The first-order valence-corrected chi connectivity index (χ1v) is 9.69. The van der Waals surface area contributed by atoms with Crippen LogP contribution < -0.4 is 17.2 Å². The van der Waals surface area contributed by atoms with Crippen LogP contribution in [0.2, 0.25) is 0 Å². The molecule has 2 amide bonds. The van der Waals surface area contributed by atoms with E-state index in [1.807, 2.05) is 53.4 Å². The number of carbonyl (C=O) groups is 2. The summed E-state index contributed by atoms with van der Waals surface area (Å²) in [6, 6.07) is 15.5. The Morgan fingerprint density at radius 1 is 0.714 bits per heavy atom.